The molecule has 2 rings (SSSR count). The van der Waals surface area contributed by atoms with Crippen LogP contribution in [0.1, 0.15) is 52.9 Å². The van der Waals surface area contributed by atoms with Crippen LogP contribution < -0.4 is 0 Å². The summed E-state index contributed by atoms with van der Waals surface area (Å²) in [5.41, 5.74) is -0.482. The van der Waals surface area contributed by atoms with Crippen LogP contribution in [0.5, 0.6) is 0 Å². The van der Waals surface area contributed by atoms with Crippen molar-refractivity contribution in [2.75, 3.05) is 0 Å². The van der Waals surface area contributed by atoms with E-state index in [9.17, 15) is 9.90 Å². The highest BCUT2D eigenvalue weighted by molar-refractivity contribution is 5.72. The standard InChI is InChI=1S/C14H24O3/c1-4-9(3)13(15)17-12-7-11-6-10(12)8-14(11,16)5-2/h9-12,16H,4-8H2,1-3H3. The number of fused-ring (bicyclic) bond motifs is 2. The average molecular weight is 240 g/mol. The van der Waals surface area contributed by atoms with E-state index in [1.165, 1.54) is 0 Å². The minimum Gasteiger partial charge on any atom is -0.462 e. The van der Waals surface area contributed by atoms with Gasteiger partial charge in [0.05, 0.1) is 11.5 Å². The van der Waals surface area contributed by atoms with Crippen LogP contribution in [0, 0.1) is 17.8 Å². The lowest BCUT2D eigenvalue weighted by Gasteiger charge is -2.34. The van der Waals surface area contributed by atoms with Crippen molar-refractivity contribution in [3.63, 3.8) is 0 Å². The van der Waals surface area contributed by atoms with Gasteiger partial charge in [-0.05, 0) is 43.9 Å². The van der Waals surface area contributed by atoms with Gasteiger partial charge in [-0.25, -0.2) is 0 Å². The Bertz CT molecular complexity index is 302. The van der Waals surface area contributed by atoms with Gasteiger partial charge in [0.1, 0.15) is 6.10 Å². The SMILES string of the molecule is CCC(C)C(=O)OC1CC2CC1CC2(O)CC. The molecule has 1 N–H and O–H groups in total. The summed E-state index contributed by atoms with van der Waals surface area (Å²) < 4.78 is 5.59. The molecule has 2 bridgehead atoms. The van der Waals surface area contributed by atoms with Gasteiger partial charge in [-0.1, -0.05) is 20.8 Å². The van der Waals surface area contributed by atoms with Gasteiger partial charge < -0.3 is 9.84 Å². The van der Waals surface area contributed by atoms with E-state index in [4.69, 9.17) is 4.74 Å². The maximum Gasteiger partial charge on any atom is 0.308 e. The van der Waals surface area contributed by atoms with Crippen molar-refractivity contribution >= 4 is 5.97 Å². The second-order valence-electron chi connectivity index (χ2n) is 5.87. The van der Waals surface area contributed by atoms with Crippen molar-refractivity contribution in [3.05, 3.63) is 0 Å². The fraction of sp³-hybridized carbons (Fsp3) is 0.929. The molecule has 0 aliphatic heterocycles. The monoisotopic (exact) mass is 240 g/mol. The molecule has 0 heterocycles. The molecular formula is C14H24O3. The molecule has 5 atom stereocenters. The first-order chi connectivity index (χ1) is 8.00. The largest absolute Gasteiger partial charge is 0.462 e. The first kappa shape index (κ1) is 12.9. The summed E-state index contributed by atoms with van der Waals surface area (Å²) in [6, 6.07) is 0. The molecule has 98 valence electrons. The molecule has 2 aliphatic carbocycles. The molecule has 5 unspecified atom stereocenters. The lowest BCUT2D eigenvalue weighted by molar-refractivity contribution is -0.159. The van der Waals surface area contributed by atoms with Gasteiger partial charge >= 0.3 is 5.97 Å². The zero-order valence-corrected chi connectivity index (χ0v) is 11.1. The smallest absolute Gasteiger partial charge is 0.308 e. The maximum atomic E-state index is 11.8. The van der Waals surface area contributed by atoms with Gasteiger partial charge in [-0.2, -0.15) is 0 Å². The first-order valence-electron chi connectivity index (χ1n) is 6.93. The Balaban J connectivity index is 1.91. The Morgan fingerprint density at radius 3 is 2.65 bits per heavy atom. The molecule has 17 heavy (non-hydrogen) atoms. The summed E-state index contributed by atoms with van der Waals surface area (Å²) in [7, 11) is 0. The first-order valence-corrected chi connectivity index (χ1v) is 6.93. The van der Waals surface area contributed by atoms with Crippen molar-refractivity contribution in [1.29, 1.82) is 0 Å². The minimum atomic E-state index is -0.482. The number of rotatable bonds is 4. The topological polar surface area (TPSA) is 46.5 Å². The van der Waals surface area contributed by atoms with E-state index < -0.39 is 5.60 Å². The summed E-state index contributed by atoms with van der Waals surface area (Å²) >= 11 is 0. The molecule has 2 fully saturated rings. The van der Waals surface area contributed by atoms with Gasteiger partial charge in [0.25, 0.3) is 0 Å². The Hall–Kier alpha value is -0.570. The van der Waals surface area contributed by atoms with Crippen LogP contribution in [-0.2, 0) is 9.53 Å². The Kier molecular flexibility index (Phi) is 3.48. The molecular weight excluding hydrogens is 216 g/mol. The molecule has 3 nitrogen and oxygen atoms in total. The lowest BCUT2D eigenvalue weighted by atomic mass is 9.81. The number of aliphatic hydroxyl groups is 1. The van der Waals surface area contributed by atoms with Crippen LogP contribution in [0.4, 0.5) is 0 Å². The van der Waals surface area contributed by atoms with Gasteiger partial charge in [-0.3, -0.25) is 4.79 Å². The third kappa shape index (κ3) is 2.22. The fourth-order valence-corrected chi connectivity index (χ4v) is 3.37. The van der Waals surface area contributed by atoms with Crippen molar-refractivity contribution < 1.29 is 14.6 Å². The van der Waals surface area contributed by atoms with Crippen molar-refractivity contribution in [2.45, 2.75) is 64.6 Å². The van der Waals surface area contributed by atoms with Crippen LogP contribution in [-0.4, -0.2) is 22.8 Å². The Labute approximate surface area is 104 Å². The molecule has 0 aromatic heterocycles. The molecule has 3 heteroatoms. The summed E-state index contributed by atoms with van der Waals surface area (Å²) in [5, 5.41) is 10.4. The quantitative estimate of drug-likeness (QED) is 0.768. The van der Waals surface area contributed by atoms with Crippen LogP contribution in [0.25, 0.3) is 0 Å². The third-order valence-electron chi connectivity index (χ3n) is 4.90. The summed E-state index contributed by atoms with van der Waals surface area (Å²) in [5.74, 6) is 0.662. The summed E-state index contributed by atoms with van der Waals surface area (Å²) in [4.78, 5) is 11.8. The second kappa shape index (κ2) is 4.60. The maximum absolute atomic E-state index is 11.8. The van der Waals surface area contributed by atoms with E-state index in [0.29, 0.717) is 11.8 Å². The molecule has 0 radical (unpaired) electrons. The number of carbonyl (C=O) groups is 1. The Morgan fingerprint density at radius 1 is 1.47 bits per heavy atom. The number of carbonyl (C=O) groups excluding carboxylic acids is 1. The molecule has 0 spiro atoms. The van der Waals surface area contributed by atoms with Gasteiger partial charge in [0.15, 0.2) is 0 Å². The highest BCUT2D eigenvalue weighted by atomic mass is 16.5. The fourth-order valence-electron chi connectivity index (χ4n) is 3.37. The zero-order valence-electron chi connectivity index (χ0n) is 11.1. The van der Waals surface area contributed by atoms with Gasteiger partial charge in [-0.15, -0.1) is 0 Å². The van der Waals surface area contributed by atoms with E-state index in [1.807, 2.05) is 20.8 Å². The molecule has 2 saturated carbocycles. The van der Waals surface area contributed by atoms with Crippen molar-refractivity contribution in [3.8, 4) is 0 Å². The number of hydrogen-bond acceptors (Lipinski definition) is 3. The van der Waals surface area contributed by atoms with E-state index in [1.54, 1.807) is 0 Å². The third-order valence-corrected chi connectivity index (χ3v) is 4.90. The average Bonchev–Trinajstić information content (AvgIpc) is 2.85. The lowest BCUT2D eigenvalue weighted by Crippen LogP contribution is -2.39. The normalized spacial score (nSPS) is 41.5. The molecule has 0 saturated heterocycles. The van der Waals surface area contributed by atoms with Gasteiger partial charge in [0, 0.05) is 0 Å². The predicted molar refractivity (Wildman–Crippen MR) is 65.4 cm³/mol. The van der Waals surface area contributed by atoms with Crippen LogP contribution >= 0.6 is 0 Å². The zero-order chi connectivity index (χ0) is 12.6. The van der Waals surface area contributed by atoms with Crippen molar-refractivity contribution in [2.24, 2.45) is 17.8 Å². The number of ether oxygens (including phenoxy) is 1. The summed E-state index contributed by atoms with van der Waals surface area (Å²) in [6.07, 6.45) is 4.42. The van der Waals surface area contributed by atoms with Crippen molar-refractivity contribution in [1.82, 2.24) is 0 Å². The Morgan fingerprint density at radius 2 is 2.18 bits per heavy atom. The molecule has 0 amide bonds. The van der Waals surface area contributed by atoms with E-state index in [-0.39, 0.29) is 18.0 Å². The highest BCUT2D eigenvalue weighted by Gasteiger charge is 2.54. The highest BCUT2D eigenvalue weighted by Crippen LogP contribution is 2.53. The molecule has 2 aliphatic rings. The molecule has 0 aromatic carbocycles. The minimum absolute atomic E-state index is 0.000754. The van der Waals surface area contributed by atoms with E-state index in [0.717, 1.165) is 32.1 Å². The van der Waals surface area contributed by atoms with Crippen LogP contribution in [0.15, 0.2) is 0 Å². The number of esters is 1. The van der Waals surface area contributed by atoms with Crippen LogP contribution in [0.3, 0.4) is 0 Å². The van der Waals surface area contributed by atoms with E-state index in [2.05, 4.69) is 0 Å². The number of hydrogen-bond donors (Lipinski definition) is 1. The second-order valence-corrected chi connectivity index (χ2v) is 5.87. The van der Waals surface area contributed by atoms with Crippen LogP contribution in [0.2, 0.25) is 0 Å². The summed E-state index contributed by atoms with van der Waals surface area (Å²) in [6.45, 7) is 5.96. The van der Waals surface area contributed by atoms with Gasteiger partial charge in [0.2, 0.25) is 0 Å². The van der Waals surface area contributed by atoms with E-state index >= 15 is 0 Å². The predicted octanol–water partition coefficient (Wildman–Crippen LogP) is 2.52. The molecule has 0 aromatic rings.